The molecule has 0 atom stereocenters. The molecule has 0 spiro atoms. The summed E-state index contributed by atoms with van der Waals surface area (Å²) in [5.41, 5.74) is 1.73. The normalized spacial score (nSPS) is 14.0. The SMILES string of the molecule is CCCCCCCCCCN1C(=O)C(c2ccccc2)=C(N(CCOC)CCOC)C1=O. The monoisotopic (exact) mass is 444 g/mol. The molecule has 0 aromatic heterocycles. The van der Waals surface area contributed by atoms with Crippen molar-refractivity contribution in [1.82, 2.24) is 9.80 Å². The summed E-state index contributed by atoms with van der Waals surface area (Å²) < 4.78 is 10.5. The highest BCUT2D eigenvalue weighted by Gasteiger charge is 2.41. The van der Waals surface area contributed by atoms with Crippen LogP contribution in [0.25, 0.3) is 5.57 Å². The molecular formula is C26H40N2O4. The Morgan fingerprint density at radius 1 is 0.781 bits per heavy atom. The molecule has 6 nitrogen and oxygen atoms in total. The number of amides is 2. The number of carbonyl (C=O) groups is 2. The van der Waals surface area contributed by atoms with Gasteiger partial charge in [0.25, 0.3) is 11.8 Å². The van der Waals surface area contributed by atoms with Gasteiger partial charge in [0.05, 0.1) is 18.8 Å². The Kier molecular flexibility index (Phi) is 12.1. The van der Waals surface area contributed by atoms with Crippen molar-refractivity contribution in [3.8, 4) is 0 Å². The van der Waals surface area contributed by atoms with Gasteiger partial charge in [0.15, 0.2) is 0 Å². The molecule has 6 heteroatoms. The molecule has 0 unspecified atom stereocenters. The Hall–Kier alpha value is -2.18. The Morgan fingerprint density at radius 2 is 1.34 bits per heavy atom. The lowest BCUT2D eigenvalue weighted by Crippen LogP contribution is -2.38. The van der Waals surface area contributed by atoms with E-state index in [4.69, 9.17) is 9.47 Å². The topological polar surface area (TPSA) is 59.1 Å². The fourth-order valence-corrected chi connectivity index (χ4v) is 4.07. The van der Waals surface area contributed by atoms with Crippen molar-refractivity contribution < 1.29 is 19.1 Å². The summed E-state index contributed by atoms with van der Waals surface area (Å²) in [5.74, 6) is -0.400. The minimum Gasteiger partial charge on any atom is -0.383 e. The summed E-state index contributed by atoms with van der Waals surface area (Å²) >= 11 is 0. The molecule has 0 fully saturated rings. The number of nitrogens with zero attached hydrogens (tertiary/aromatic N) is 2. The second-order valence-corrected chi connectivity index (χ2v) is 8.30. The summed E-state index contributed by atoms with van der Waals surface area (Å²) in [6.45, 7) is 4.67. The predicted octanol–water partition coefficient (Wildman–Crippen LogP) is 4.50. The predicted molar refractivity (Wildman–Crippen MR) is 128 cm³/mol. The molecule has 32 heavy (non-hydrogen) atoms. The first-order chi connectivity index (χ1) is 15.7. The van der Waals surface area contributed by atoms with Crippen molar-refractivity contribution in [2.75, 3.05) is 47.1 Å². The van der Waals surface area contributed by atoms with Gasteiger partial charge in [-0.1, -0.05) is 82.2 Å². The van der Waals surface area contributed by atoms with E-state index in [0.717, 1.165) is 24.8 Å². The van der Waals surface area contributed by atoms with E-state index in [1.165, 1.54) is 37.0 Å². The van der Waals surface area contributed by atoms with E-state index in [9.17, 15) is 9.59 Å². The van der Waals surface area contributed by atoms with Crippen molar-refractivity contribution in [1.29, 1.82) is 0 Å². The number of carbonyl (C=O) groups excluding carboxylic acids is 2. The van der Waals surface area contributed by atoms with E-state index < -0.39 is 0 Å². The molecule has 0 saturated heterocycles. The lowest BCUT2D eigenvalue weighted by atomic mass is 10.0. The molecule has 1 aromatic rings. The molecule has 2 rings (SSSR count). The van der Waals surface area contributed by atoms with Crippen molar-refractivity contribution in [2.24, 2.45) is 0 Å². The lowest BCUT2D eigenvalue weighted by molar-refractivity contribution is -0.137. The van der Waals surface area contributed by atoms with Crippen LogP contribution in [0, 0.1) is 0 Å². The quantitative estimate of drug-likeness (QED) is 0.261. The van der Waals surface area contributed by atoms with Gasteiger partial charge in [-0.2, -0.15) is 0 Å². The molecule has 1 aromatic carbocycles. The van der Waals surface area contributed by atoms with E-state index in [1.807, 2.05) is 35.2 Å². The van der Waals surface area contributed by atoms with Gasteiger partial charge in [0, 0.05) is 33.9 Å². The molecule has 0 N–H and O–H groups in total. The molecule has 0 saturated carbocycles. The summed E-state index contributed by atoms with van der Waals surface area (Å²) in [7, 11) is 3.27. The van der Waals surface area contributed by atoms with Gasteiger partial charge in [0.2, 0.25) is 0 Å². The Bertz CT molecular complexity index is 725. The zero-order valence-electron chi connectivity index (χ0n) is 20.1. The highest BCUT2D eigenvalue weighted by Crippen LogP contribution is 2.31. The second-order valence-electron chi connectivity index (χ2n) is 8.30. The fraction of sp³-hybridized carbons (Fsp3) is 0.615. The summed E-state index contributed by atoms with van der Waals surface area (Å²) in [5, 5.41) is 0. The van der Waals surface area contributed by atoms with Crippen LogP contribution in [0.5, 0.6) is 0 Å². The van der Waals surface area contributed by atoms with Crippen LogP contribution in [-0.4, -0.2) is 68.7 Å². The molecule has 1 heterocycles. The molecular weight excluding hydrogens is 404 g/mol. The average molecular weight is 445 g/mol. The largest absolute Gasteiger partial charge is 0.383 e. The molecule has 0 aliphatic carbocycles. The van der Waals surface area contributed by atoms with Gasteiger partial charge in [-0.25, -0.2) is 0 Å². The molecule has 0 bridgehead atoms. The number of imide groups is 1. The van der Waals surface area contributed by atoms with Crippen LogP contribution in [0.2, 0.25) is 0 Å². The summed E-state index contributed by atoms with van der Waals surface area (Å²) in [6, 6.07) is 9.49. The summed E-state index contributed by atoms with van der Waals surface area (Å²) in [6.07, 6.45) is 9.38. The van der Waals surface area contributed by atoms with Crippen LogP contribution in [-0.2, 0) is 19.1 Å². The maximum Gasteiger partial charge on any atom is 0.277 e. The average Bonchev–Trinajstić information content (AvgIpc) is 3.06. The third-order valence-electron chi connectivity index (χ3n) is 5.89. The highest BCUT2D eigenvalue weighted by atomic mass is 16.5. The van der Waals surface area contributed by atoms with Gasteiger partial charge in [-0.05, 0) is 12.0 Å². The van der Waals surface area contributed by atoms with Gasteiger partial charge in [-0.15, -0.1) is 0 Å². The lowest BCUT2D eigenvalue weighted by Gasteiger charge is -2.25. The minimum absolute atomic E-state index is 0.195. The van der Waals surface area contributed by atoms with Crippen LogP contribution < -0.4 is 0 Å². The van der Waals surface area contributed by atoms with Crippen molar-refractivity contribution >= 4 is 17.4 Å². The Balaban J connectivity index is 2.12. The van der Waals surface area contributed by atoms with Crippen LogP contribution >= 0.6 is 0 Å². The van der Waals surface area contributed by atoms with Crippen LogP contribution in [0.3, 0.4) is 0 Å². The van der Waals surface area contributed by atoms with Crippen LogP contribution in [0.15, 0.2) is 36.0 Å². The minimum atomic E-state index is -0.205. The number of benzene rings is 1. The maximum absolute atomic E-state index is 13.4. The Morgan fingerprint density at radius 3 is 1.91 bits per heavy atom. The third-order valence-corrected chi connectivity index (χ3v) is 5.89. The van der Waals surface area contributed by atoms with Crippen molar-refractivity contribution in [3.63, 3.8) is 0 Å². The first-order valence-corrected chi connectivity index (χ1v) is 12.0. The van der Waals surface area contributed by atoms with Gasteiger partial charge < -0.3 is 14.4 Å². The van der Waals surface area contributed by atoms with E-state index >= 15 is 0 Å². The molecule has 2 amide bonds. The number of hydrogen-bond donors (Lipinski definition) is 0. The first-order valence-electron chi connectivity index (χ1n) is 12.0. The zero-order chi connectivity index (χ0) is 23.2. The second kappa shape index (κ2) is 14.8. The van der Waals surface area contributed by atoms with Gasteiger partial charge in [-0.3, -0.25) is 14.5 Å². The zero-order valence-corrected chi connectivity index (χ0v) is 20.1. The molecule has 1 aliphatic heterocycles. The molecule has 1 aliphatic rings. The number of methoxy groups -OCH3 is 2. The Labute approximate surface area is 193 Å². The summed E-state index contributed by atoms with van der Waals surface area (Å²) in [4.78, 5) is 30.2. The maximum atomic E-state index is 13.4. The fourth-order valence-electron chi connectivity index (χ4n) is 4.07. The van der Waals surface area contributed by atoms with Gasteiger partial charge >= 0.3 is 0 Å². The first kappa shape index (κ1) is 26.1. The highest BCUT2D eigenvalue weighted by molar-refractivity contribution is 6.35. The standard InChI is InChI=1S/C26H40N2O4/c1-4-5-6-7-8-9-10-14-17-28-25(29)23(22-15-12-11-13-16-22)24(26(28)30)27(18-20-31-2)19-21-32-3/h11-13,15-16H,4-10,14,17-21H2,1-3H3. The van der Waals surface area contributed by atoms with Crippen molar-refractivity contribution in [2.45, 2.75) is 58.3 Å². The smallest absolute Gasteiger partial charge is 0.277 e. The number of hydrogen-bond acceptors (Lipinski definition) is 5. The van der Waals surface area contributed by atoms with Crippen LogP contribution in [0.4, 0.5) is 0 Å². The van der Waals surface area contributed by atoms with Crippen molar-refractivity contribution in [3.05, 3.63) is 41.6 Å². The van der Waals surface area contributed by atoms with Crippen LogP contribution in [0.1, 0.15) is 63.9 Å². The van der Waals surface area contributed by atoms with E-state index in [2.05, 4.69) is 6.92 Å². The van der Waals surface area contributed by atoms with E-state index in [-0.39, 0.29) is 11.8 Å². The van der Waals surface area contributed by atoms with Gasteiger partial charge in [0.1, 0.15) is 5.70 Å². The molecule has 0 radical (unpaired) electrons. The van der Waals surface area contributed by atoms with E-state index in [0.29, 0.717) is 44.1 Å². The van der Waals surface area contributed by atoms with E-state index in [1.54, 1.807) is 14.2 Å². The third kappa shape index (κ3) is 7.45. The number of unbranched alkanes of at least 4 members (excludes halogenated alkanes) is 7. The molecule has 178 valence electrons. The number of rotatable bonds is 17. The number of ether oxygens (including phenoxy) is 2.